The third kappa shape index (κ3) is 5.34. The third-order valence-electron chi connectivity index (χ3n) is 4.89. The van der Waals surface area contributed by atoms with Gasteiger partial charge in [0, 0.05) is 19.3 Å². The fourth-order valence-electron chi connectivity index (χ4n) is 3.51. The predicted molar refractivity (Wildman–Crippen MR) is 87.1 cm³/mol. The van der Waals surface area contributed by atoms with Gasteiger partial charge in [-0.05, 0) is 25.7 Å². The highest BCUT2D eigenvalue weighted by molar-refractivity contribution is 7.87. The predicted octanol–water partition coefficient (Wildman–Crippen LogP) is 2.18. The van der Waals surface area contributed by atoms with Crippen LogP contribution in [0.5, 0.6) is 0 Å². The highest BCUT2D eigenvalue weighted by Crippen LogP contribution is 2.44. The van der Waals surface area contributed by atoms with Crippen molar-refractivity contribution in [2.45, 2.75) is 74.4 Å². The van der Waals surface area contributed by atoms with Gasteiger partial charge in [0.25, 0.3) is 0 Å². The van der Waals surface area contributed by atoms with E-state index in [9.17, 15) is 26.4 Å². The Bertz CT molecular complexity index is 706. The molecule has 12 heteroatoms. The van der Waals surface area contributed by atoms with Crippen molar-refractivity contribution in [3.05, 3.63) is 0 Å². The maximum atomic E-state index is 12.6. The standard InChI is InChI=1S/C16H22F3NO7S/c1-24-14(21)7-5-12-9-15(10-25-28(22,23)16(17,18)19)13(26-12)6-4-11(27-15)3-2-8-20/h11-13H,2-7,9-10H2,1H3/t11?,12-,13-,15?/m0/s1. The zero-order valence-corrected chi connectivity index (χ0v) is 16.1. The van der Waals surface area contributed by atoms with Crippen LogP contribution >= 0.6 is 0 Å². The summed E-state index contributed by atoms with van der Waals surface area (Å²) in [6.07, 6.45) is 0.259. The van der Waals surface area contributed by atoms with Crippen LogP contribution in [0.15, 0.2) is 0 Å². The van der Waals surface area contributed by atoms with Crippen LogP contribution in [0.25, 0.3) is 0 Å². The summed E-state index contributed by atoms with van der Waals surface area (Å²) in [6.45, 7) is -0.850. The number of hydrogen-bond donors (Lipinski definition) is 0. The van der Waals surface area contributed by atoms with Crippen molar-refractivity contribution in [2.75, 3.05) is 13.7 Å². The van der Waals surface area contributed by atoms with E-state index >= 15 is 0 Å². The van der Waals surface area contributed by atoms with Gasteiger partial charge in [-0.2, -0.15) is 26.9 Å². The Morgan fingerprint density at radius 2 is 2.00 bits per heavy atom. The molecule has 2 aliphatic rings. The second-order valence-electron chi connectivity index (χ2n) is 6.81. The molecule has 0 amide bonds. The minimum absolute atomic E-state index is 0.0452. The number of nitrogens with zero attached hydrogens (tertiary/aromatic N) is 1. The minimum Gasteiger partial charge on any atom is -0.469 e. The summed E-state index contributed by atoms with van der Waals surface area (Å²) in [6, 6.07) is 1.97. The lowest BCUT2D eigenvalue weighted by Gasteiger charge is -2.41. The number of carbonyl (C=O) groups is 1. The summed E-state index contributed by atoms with van der Waals surface area (Å²) in [5.41, 5.74) is -6.94. The number of rotatable bonds is 8. The largest absolute Gasteiger partial charge is 0.523 e. The van der Waals surface area contributed by atoms with E-state index in [0.29, 0.717) is 19.3 Å². The maximum Gasteiger partial charge on any atom is 0.523 e. The number of nitriles is 1. The first kappa shape index (κ1) is 22.9. The van der Waals surface area contributed by atoms with E-state index in [1.54, 1.807) is 0 Å². The van der Waals surface area contributed by atoms with Gasteiger partial charge in [0.05, 0.1) is 38.1 Å². The highest BCUT2D eigenvalue weighted by Gasteiger charge is 2.56. The first-order chi connectivity index (χ1) is 13.0. The Morgan fingerprint density at radius 1 is 1.29 bits per heavy atom. The number of methoxy groups -OCH3 is 1. The molecule has 2 unspecified atom stereocenters. The van der Waals surface area contributed by atoms with E-state index in [1.807, 2.05) is 6.07 Å². The summed E-state index contributed by atoms with van der Waals surface area (Å²) >= 11 is 0. The van der Waals surface area contributed by atoms with Crippen LogP contribution in [-0.4, -0.2) is 57.5 Å². The molecule has 0 radical (unpaired) electrons. The van der Waals surface area contributed by atoms with Crippen LogP contribution in [-0.2, 0) is 33.3 Å². The Balaban J connectivity index is 2.13. The quantitative estimate of drug-likeness (QED) is 0.328. The molecule has 4 atom stereocenters. The lowest BCUT2D eigenvalue weighted by Crippen LogP contribution is -2.52. The van der Waals surface area contributed by atoms with Gasteiger partial charge in [0.15, 0.2) is 0 Å². The molecule has 0 aromatic carbocycles. The lowest BCUT2D eigenvalue weighted by atomic mass is 9.86. The van der Waals surface area contributed by atoms with E-state index < -0.39 is 52.1 Å². The van der Waals surface area contributed by atoms with Gasteiger partial charge in [-0.1, -0.05) is 0 Å². The van der Waals surface area contributed by atoms with Crippen molar-refractivity contribution in [1.29, 1.82) is 5.26 Å². The molecule has 0 aliphatic carbocycles. The van der Waals surface area contributed by atoms with Crippen molar-refractivity contribution in [3.63, 3.8) is 0 Å². The van der Waals surface area contributed by atoms with Crippen molar-refractivity contribution in [2.24, 2.45) is 0 Å². The fraction of sp³-hybridized carbons (Fsp3) is 0.875. The molecule has 0 bridgehead atoms. The second kappa shape index (κ2) is 8.94. The van der Waals surface area contributed by atoms with E-state index in [2.05, 4.69) is 8.92 Å². The van der Waals surface area contributed by atoms with Crippen molar-refractivity contribution < 1.29 is 44.8 Å². The summed E-state index contributed by atoms with van der Waals surface area (Å²) in [4.78, 5) is 11.3. The molecule has 28 heavy (non-hydrogen) atoms. The van der Waals surface area contributed by atoms with Crippen LogP contribution in [0.3, 0.4) is 0 Å². The van der Waals surface area contributed by atoms with Crippen LogP contribution < -0.4 is 0 Å². The molecule has 8 nitrogen and oxygen atoms in total. The molecule has 0 aromatic rings. The van der Waals surface area contributed by atoms with Crippen molar-refractivity contribution in [1.82, 2.24) is 0 Å². The molecule has 0 N–H and O–H groups in total. The smallest absolute Gasteiger partial charge is 0.469 e. The van der Waals surface area contributed by atoms with Crippen LogP contribution in [0.2, 0.25) is 0 Å². The van der Waals surface area contributed by atoms with Gasteiger partial charge in [0.2, 0.25) is 0 Å². The van der Waals surface area contributed by atoms with E-state index in [4.69, 9.17) is 14.7 Å². The molecule has 2 fully saturated rings. The van der Waals surface area contributed by atoms with Crippen LogP contribution in [0.1, 0.15) is 44.9 Å². The Kier molecular flexibility index (Phi) is 7.30. The molecular weight excluding hydrogens is 407 g/mol. The number of alkyl halides is 3. The first-order valence-corrected chi connectivity index (χ1v) is 10.2. The van der Waals surface area contributed by atoms with Crippen molar-refractivity contribution in [3.8, 4) is 6.07 Å². The summed E-state index contributed by atoms with van der Waals surface area (Å²) < 4.78 is 81.1. The van der Waals surface area contributed by atoms with E-state index in [-0.39, 0.29) is 25.7 Å². The minimum atomic E-state index is -5.78. The summed E-state index contributed by atoms with van der Waals surface area (Å²) in [5.74, 6) is -0.462. The second-order valence-corrected chi connectivity index (χ2v) is 8.41. The third-order valence-corrected chi connectivity index (χ3v) is 5.88. The average Bonchev–Trinajstić information content (AvgIpc) is 3.00. The van der Waals surface area contributed by atoms with Gasteiger partial charge in [-0.15, -0.1) is 0 Å². The SMILES string of the molecule is COC(=O)CC[C@H]1CC2(COS(=O)(=O)C(F)(F)F)OC(CCC#N)CC[C@@H]2O1. The number of ether oxygens (including phenoxy) is 3. The first-order valence-electron chi connectivity index (χ1n) is 8.76. The fourth-order valence-corrected chi connectivity index (χ4v) is 4.00. The molecule has 0 spiro atoms. The number of carbonyl (C=O) groups excluding carboxylic acids is 1. The molecule has 2 heterocycles. The van der Waals surface area contributed by atoms with E-state index in [0.717, 1.165) is 0 Å². The van der Waals surface area contributed by atoms with Gasteiger partial charge in [0.1, 0.15) is 5.60 Å². The Hall–Kier alpha value is -1.42. The van der Waals surface area contributed by atoms with Crippen LogP contribution in [0.4, 0.5) is 13.2 Å². The molecule has 0 aromatic heterocycles. The topological polar surface area (TPSA) is 112 Å². The Labute approximate surface area is 161 Å². The molecule has 2 saturated heterocycles. The van der Waals surface area contributed by atoms with Crippen LogP contribution in [0, 0.1) is 11.3 Å². The average molecular weight is 429 g/mol. The number of esters is 1. The molecule has 2 rings (SSSR count). The van der Waals surface area contributed by atoms with Gasteiger partial charge in [-0.3, -0.25) is 8.98 Å². The lowest BCUT2D eigenvalue weighted by molar-refractivity contribution is -0.181. The summed E-state index contributed by atoms with van der Waals surface area (Å²) in [7, 11) is -4.55. The zero-order valence-electron chi connectivity index (χ0n) is 15.2. The molecular formula is C16H22F3NO7S. The van der Waals surface area contributed by atoms with Gasteiger partial charge >= 0.3 is 21.6 Å². The number of halogens is 3. The van der Waals surface area contributed by atoms with Crippen molar-refractivity contribution >= 4 is 16.1 Å². The molecule has 160 valence electrons. The van der Waals surface area contributed by atoms with Gasteiger partial charge < -0.3 is 14.2 Å². The van der Waals surface area contributed by atoms with Gasteiger partial charge in [-0.25, -0.2) is 0 Å². The molecule has 0 saturated carbocycles. The number of hydrogen-bond acceptors (Lipinski definition) is 8. The zero-order chi connectivity index (χ0) is 21.0. The maximum absolute atomic E-state index is 12.6. The Morgan fingerprint density at radius 3 is 2.61 bits per heavy atom. The highest BCUT2D eigenvalue weighted by atomic mass is 32.2. The summed E-state index contributed by atoms with van der Waals surface area (Å²) in [5, 5.41) is 8.73. The molecule has 2 aliphatic heterocycles. The van der Waals surface area contributed by atoms with E-state index in [1.165, 1.54) is 7.11 Å². The monoisotopic (exact) mass is 429 g/mol. The number of fused-ring (bicyclic) bond motifs is 1. The normalized spacial score (nSPS) is 30.5.